The Morgan fingerprint density at radius 3 is 2.29 bits per heavy atom. The first-order valence-electron chi connectivity index (χ1n) is 2.06. The van der Waals surface area contributed by atoms with Crippen molar-refractivity contribution in [2.24, 2.45) is 15.2 Å². The molecule has 0 bridgehead atoms. The van der Waals surface area contributed by atoms with E-state index in [1.165, 1.54) is 0 Å². The van der Waals surface area contributed by atoms with Gasteiger partial charge in [0.15, 0.2) is 6.17 Å². The fourth-order valence-corrected chi connectivity index (χ4v) is 0.204. The van der Waals surface area contributed by atoms with Crippen molar-refractivity contribution in [1.29, 1.82) is 0 Å². The molecule has 0 spiro atoms. The number of aliphatic imine (C=N–C) groups is 1. The second kappa shape index (κ2) is 3.46. The summed E-state index contributed by atoms with van der Waals surface area (Å²) in [6, 6.07) is 0. The van der Waals surface area contributed by atoms with Gasteiger partial charge in [0.05, 0.1) is 0 Å². The molecular weight excluding hydrogens is 90.1 g/mol. The Morgan fingerprint density at radius 2 is 2.14 bits per heavy atom. The minimum Gasteiger partial charge on any atom is -0.273 e. The molecule has 0 saturated heterocycles. The molecule has 0 heterocycles. The molecule has 0 N–H and O–H groups in total. The molecule has 1 atom stereocenters. The molecule has 1 unspecified atom stereocenters. The van der Waals surface area contributed by atoms with Gasteiger partial charge in [0, 0.05) is 7.05 Å². The van der Waals surface area contributed by atoms with Gasteiger partial charge in [-0.2, -0.15) is 10.2 Å². The highest BCUT2D eigenvalue weighted by Crippen LogP contribution is 1.87. The van der Waals surface area contributed by atoms with Crippen molar-refractivity contribution in [3.63, 3.8) is 0 Å². The van der Waals surface area contributed by atoms with Crippen LogP contribution in [-0.2, 0) is 0 Å². The topological polar surface area (TPSA) is 37.1 Å². The summed E-state index contributed by atoms with van der Waals surface area (Å²) in [5.41, 5.74) is 0. The zero-order chi connectivity index (χ0) is 5.70. The Labute approximate surface area is 43.2 Å². The van der Waals surface area contributed by atoms with E-state index in [1.54, 1.807) is 7.05 Å². The fraction of sp³-hybridized carbons (Fsp3) is 0.750. The van der Waals surface area contributed by atoms with E-state index in [-0.39, 0.29) is 6.17 Å². The number of rotatable bonds is 2. The van der Waals surface area contributed by atoms with E-state index in [1.807, 2.05) is 6.92 Å². The van der Waals surface area contributed by atoms with Crippen LogP contribution in [0.3, 0.4) is 0 Å². The lowest BCUT2D eigenvalue weighted by atomic mass is 10.6. The van der Waals surface area contributed by atoms with Gasteiger partial charge in [0.2, 0.25) is 0 Å². The summed E-state index contributed by atoms with van der Waals surface area (Å²) in [6.45, 7) is 5.09. The third kappa shape index (κ3) is 3.09. The molecule has 3 nitrogen and oxygen atoms in total. The smallest absolute Gasteiger partial charge is 0.156 e. The Morgan fingerprint density at radius 1 is 1.57 bits per heavy atom. The Kier molecular flexibility index (Phi) is 3.10. The van der Waals surface area contributed by atoms with Crippen LogP contribution in [0.25, 0.3) is 0 Å². The Bertz CT molecular complexity index is 77.0. The van der Waals surface area contributed by atoms with Crippen molar-refractivity contribution in [1.82, 2.24) is 0 Å². The highest BCUT2D eigenvalue weighted by molar-refractivity contribution is 5.23. The molecule has 0 amide bonds. The summed E-state index contributed by atoms with van der Waals surface area (Å²) >= 11 is 0. The van der Waals surface area contributed by atoms with Gasteiger partial charge in [-0.1, -0.05) is 0 Å². The summed E-state index contributed by atoms with van der Waals surface area (Å²) in [4.78, 5) is 3.57. The van der Waals surface area contributed by atoms with E-state index in [0.29, 0.717) is 0 Å². The van der Waals surface area contributed by atoms with Crippen LogP contribution in [0.2, 0.25) is 0 Å². The molecule has 0 aliphatic heterocycles. The standard InChI is InChI=1S/C4H9N3/c1-4(5-2)7-6-3/h4H,2H2,1,3H3. The van der Waals surface area contributed by atoms with Crippen LogP contribution < -0.4 is 0 Å². The average Bonchev–Trinajstić information content (AvgIpc) is 1.68. The summed E-state index contributed by atoms with van der Waals surface area (Å²) in [5, 5.41) is 7.14. The monoisotopic (exact) mass is 99.1 g/mol. The second-order valence-electron chi connectivity index (χ2n) is 1.13. The lowest BCUT2D eigenvalue weighted by molar-refractivity contribution is 0.741. The molecule has 0 saturated carbocycles. The molecule has 40 valence electrons. The largest absolute Gasteiger partial charge is 0.273 e. The maximum atomic E-state index is 3.64. The van der Waals surface area contributed by atoms with Crippen LogP contribution in [0.4, 0.5) is 0 Å². The zero-order valence-electron chi connectivity index (χ0n) is 4.63. The quantitative estimate of drug-likeness (QED) is 0.367. The van der Waals surface area contributed by atoms with E-state index < -0.39 is 0 Å². The maximum Gasteiger partial charge on any atom is 0.156 e. The number of hydrogen-bond donors (Lipinski definition) is 0. The SMILES string of the molecule is C=NC(C)N=NC. The lowest BCUT2D eigenvalue weighted by Gasteiger charge is -1.89. The van der Waals surface area contributed by atoms with Crippen molar-refractivity contribution in [3.05, 3.63) is 0 Å². The summed E-state index contributed by atoms with van der Waals surface area (Å²) in [5.74, 6) is 0. The van der Waals surface area contributed by atoms with E-state index in [9.17, 15) is 0 Å². The molecule has 0 aromatic carbocycles. The predicted molar refractivity (Wildman–Crippen MR) is 29.8 cm³/mol. The van der Waals surface area contributed by atoms with E-state index in [0.717, 1.165) is 0 Å². The van der Waals surface area contributed by atoms with Gasteiger partial charge in [-0.3, -0.25) is 4.99 Å². The zero-order valence-corrected chi connectivity index (χ0v) is 4.63. The number of nitrogens with zero attached hydrogens (tertiary/aromatic N) is 3. The summed E-state index contributed by atoms with van der Waals surface area (Å²) in [7, 11) is 1.61. The van der Waals surface area contributed by atoms with Gasteiger partial charge >= 0.3 is 0 Å². The lowest BCUT2D eigenvalue weighted by Crippen LogP contribution is -1.86. The van der Waals surface area contributed by atoms with Gasteiger partial charge in [0.25, 0.3) is 0 Å². The minimum atomic E-state index is -0.0787. The fourth-order valence-electron chi connectivity index (χ4n) is 0.204. The molecule has 0 aromatic rings. The summed E-state index contributed by atoms with van der Waals surface area (Å²) in [6.07, 6.45) is -0.0787. The van der Waals surface area contributed by atoms with Gasteiger partial charge in [0.1, 0.15) is 0 Å². The van der Waals surface area contributed by atoms with E-state index >= 15 is 0 Å². The summed E-state index contributed by atoms with van der Waals surface area (Å²) < 4.78 is 0. The molecule has 0 radical (unpaired) electrons. The van der Waals surface area contributed by atoms with Gasteiger partial charge in [-0.05, 0) is 13.6 Å². The van der Waals surface area contributed by atoms with Gasteiger partial charge in [-0.15, -0.1) is 0 Å². The van der Waals surface area contributed by atoms with Crippen molar-refractivity contribution in [2.75, 3.05) is 7.05 Å². The molecule has 0 fully saturated rings. The van der Waals surface area contributed by atoms with Crippen molar-refractivity contribution >= 4 is 6.72 Å². The highest BCUT2D eigenvalue weighted by Gasteiger charge is 1.84. The molecule has 7 heavy (non-hydrogen) atoms. The first-order chi connectivity index (χ1) is 3.31. The molecular formula is C4H9N3. The second-order valence-corrected chi connectivity index (χ2v) is 1.13. The van der Waals surface area contributed by atoms with Crippen molar-refractivity contribution in [2.45, 2.75) is 13.1 Å². The van der Waals surface area contributed by atoms with Crippen molar-refractivity contribution in [3.8, 4) is 0 Å². The van der Waals surface area contributed by atoms with Gasteiger partial charge in [-0.25, -0.2) is 0 Å². The van der Waals surface area contributed by atoms with Gasteiger partial charge < -0.3 is 0 Å². The first-order valence-corrected chi connectivity index (χ1v) is 2.06. The molecule has 0 rings (SSSR count). The van der Waals surface area contributed by atoms with Crippen LogP contribution in [0.15, 0.2) is 15.2 Å². The van der Waals surface area contributed by atoms with Crippen LogP contribution in [0, 0.1) is 0 Å². The van der Waals surface area contributed by atoms with Crippen LogP contribution >= 0.6 is 0 Å². The Balaban J connectivity index is 3.35. The van der Waals surface area contributed by atoms with Crippen LogP contribution in [0.5, 0.6) is 0 Å². The molecule has 0 aliphatic carbocycles. The van der Waals surface area contributed by atoms with E-state index in [2.05, 4.69) is 21.9 Å². The normalized spacial score (nSPS) is 14.6. The minimum absolute atomic E-state index is 0.0787. The average molecular weight is 99.1 g/mol. The number of azo groups is 1. The maximum absolute atomic E-state index is 3.64. The molecule has 3 heteroatoms. The van der Waals surface area contributed by atoms with Crippen LogP contribution in [0.1, 0.15) is 6.92 Å². The third-order valence-electron chi connectivity index (χ3n) is 0.547. The molecule has 0 aliphatic rings. The Hall–Kier alpha value is -0.730. The highest BCUT2D eigenvalue weighted by atomic mass is 15.2. The van der Waals surface area contributed by atoms with Crippen molar-refractivity contribution < 1.29 is 0 Å². The first kappa shape index (κ1) is 6.27. The van der Waals surface area contributed by atoms with Crippen LogP contribution in [-0.4, -0.2) is 19.9 Å². The number of hydrogen-bond acceptors (Lipinski definition) is 3. The third-order valence-corrected chi connectivity index (χ3v) is 0.547. The van der Waals surface area contributed by atoms with E-state index in [4.69, 9.17) is 0 Å². The molecule has 0 aromatic heterocycles. The predicted octanol–water partition coefficient (Wildman–Crippen LogP) is 1.12.